The molecule has 0 amide bonds. The monoisotopic (exact) mass is 621 g/mol. The van der Waals surface area contributed by atoms with Crippen molar-refractivity contribution in [1.29, 1.82) is 0 Å². The molecule has 0 bridgehead atoms. The molecule has 4 nitrogen and oxygen atoms in total. The first kappa shape index (κ1) is 25.2. The van der Waals surface area contributed by atoms with Crippen molar-refractivity contribution in [3.63, 3.8) is 0 Å². The molecule has 47 heavy (non-hydrogen) atoms. The van der Waals surface area contributed by atoms with Crippen LogP contribution in [0.4, 0.5) is 17.1 Å². The fourth-order valence-corrected chi connectivity index (χ4v) is 8.53. The van der Waals surface area contributed by atoms with Gasteiger partial charge in [0.25, 0.3) is 0 Å². The predicted molar refractivity (Wildman–Crippen MR) is 196 cm³/mol. The molecule has 5 heteroatoms. The summed E-state index contributed by atoms with van der Waals surface area (Å²) in [5.41, 5.74) is 8.21. The van der Waals surface area contributed by atoms with Gasteiger partial charge >= 0.3 is 0 Å². The van der Waals surface area contributed by atoms with E-state index in [9.17, 15) is 0 Å². The van der Waals surface area contributed by atoms with Crippen LogP contribution in [0.15, 0.2) is 153 Å². The number of hydrogen-bond acceptors (Lipinski definition) is 5. The minimum absolute atomic E-state index is 0.842. The smallest absolute Gasteiger partial charge is 0.155 e. The molecule has 0 fully saturated rings. The van der Waals surface area contributed by atoms with Gasteiger partial charge in [0.2, 0.25) is 0 Å². The Morgan fingerprint density at radius 2 is 0.915 bits per heavy atom. The molecule has 220 valence electrons. The highest BCUT2D eigenvalue weighted by Gasteiger charge is 2.25. The van der Waals surface area contributed by atoms with Crippen LogP contribution in [0.2, 0.25) is 0 Å². The third-order valence-electron chi connectivity index (χ3n) is 9.45. The van der Waals surface area contributed by atoms with Gasteiger partial charge in [-0.3, -0.25) is 0 Å². The van der Waals surface area contributed by atoms with E-state index >= 15 is 0 Å². The number of furan rings is 3. The Morgan fingerprint density at radius 1 is 0.404 bits per heavy atom. The maximum atomic E-state index is 6.72. The number of fused-ring (bicyclic) bond motifs is 13. The molecule has 0 aliphatic rings. The van der Waals surface area contributed by atoms with E-state index in [-0.39, 0.29) is 0 Å². The van der Waals surface area contributed by atoms with E-state index in [4.69, 9.17) is 13.3 Å². The molecule has 0 N–H and O–H groups in total. The van der Waals surface area contributed by atoms with Crippen LogP contribution in [0.5, 0.6) is 0 Å². The maximum absolute atomic E-state index is 6.72. The summed E-state index contributed by atoms with van der Waals surface area (Å²) in [6, 6.07) is 48.8. The van der Waals surface area contributed by atoms with Crippen LogP contribution in [0.3, 0.4) is 0 Å². The summed E-state index contributed by atoms with van der Waals surface area (Å²) < 4.78 is 22.0. The molecule has 0 radical (unpaired) electrons. The van der Waals surface area contributed by atoms with E-state index in [2.05, 4.69) is 114 Å². The predicted octanol–water partition coefficient (Wildman–Crippen LogP) is 13.2. The molecule has 0 saturated heterocycles. The normalized spacial score (nSPS) is 12.3. The highest BCUT2D eigenvalue weighted by atomic mass is 32.1. The number of thiophene rings is 1. The summed E-state index contributed by atoms with van der Waals surface area (Å²) in [6.07, 6.45) is 0. The molecule has 0 atom stereocenters. The molecule has 0 spiro atoms. The van der Waals surface area contributed by atoms with Crippen molar-refractivity contribution in [3.05, 3.63) is 140 Å². The summed E-state index contributed by atoms with van der Waals surface area (Å²) in [5, 5.41) is 8.96. The summed E-state index contributed by atoms with van der Waals surface area (Å²) in [7, 11) is 0. The Balaban J connectivity index is 1.28. The van der Waals surface area contributed by atoms with E-state index in [1.54, 1.807) is 11.3 Å². The number of hydrogen-bond donors (Lipinski definition) is 0. The Bertz CT molecular complexity index is 2930. The third-order valence-corrected chi connectivity index (χ3v) is 10.6. The van der Waals surface area contributed by atoms with E-state index in [1.165, 1.54) is 15.5 Å². The van der Waals surface area contributed by atoms with Crippen molar-refractivity contribution in [2.45, 2.75) is 0 Å². The van der Waals surface area contributed by atoms with Crippen molar-refractivity contribution in [3.8, 4) is 0 Å². The lowest BCUT2D eigenvalue weighted by Gasteiger charge is -2.26. The molecule has 0 aliphatic heterocycles. The fraction of sp³-hybridized carbons (Fsp3) is 0. The van der Waals surface area contributed by atoms with Gasteiger partial charge in [-0.05, 0) is 54.6 Å². The Kier molecular flexibility index (Phi) is 4.96. The summed E-state index contributed by atoms with van der Waals surface area (Å²) in [5.74, 6) is 0. The Hall–Kier alpha value is -6.04. The van der Waals surface area contributed by atoms with Crippen LogP contribution in [0.1, 0.15) is 0 Å². The minimum atomic E-state index is 0.842. The SMILES string of the molecule is c1ccc2c(c1)oc1cc(N(c3ccc4c(c3)oc3ccccc34)c3cc4c5ccccc5sc4c4oc5ccccc5c34)ccc12. The topological polar surface area (TPSA) is 42.7 Å². The second-order valence-electron chi connectivity index (χ2n) is 12.1. The Labute approximate surface area is 271 Å². The van der Waals surface area contributed by atoms with Crippen LogP contribution in [-0.4, -0.2) is 0 Å². The summed E-state index contributed by atoms with van der Waals surface area (Å²) in [4.78, 5) is 2.33. The zero-order valence-electron chi connectivity index (χ0n) is 24.9. The fourth-order valence-electron chi connectivity index (χ4n) is 7.36. The molecule has 11 aromatic rings. The van der Waals surface area contributed by atoms with Gasteiger partial charge in [0.15, 0.2) is 5.58 Å². The van der Waals surface area contributed by atoms with Gasteiger partial charge in [0, 0.05) is 65.9 Å². The third kappa shape index (κ3) is 3.52. The van der Waals surface area contributed by atoms with Crippen LogP contribution in [0.25, 0.3) is 86.0 Å². The number of nitrogens with zero attached hydrogens (tertiary/aromatic N) is 1. The minimum Gasteiger partial charge on any atom is -0.456 e. The second kappa shape index (κ2) is 9.25. The van der Waals surface area contributed by atoms with Gasteiger partial charge in [-0.25, -0.2) is 0 Å². The summed E-state index contributed by atoms with van der Waals surface area (Å²) >= 11 is 1.78. The van der Waals surface area contributed by atoms with Gasteiger partial charge in [-0.15, -0.1) is 11.3 Å². The maximum Gasteiger partial charge on any atom is 0.155 e. The molecule has 7 aromatic carbocycles. The molecule has 4 aromatic heterocycles. The molecule has 11 rings (SSSR count). The zero-order chi connectivity index (χ0) is 30.6. The van der Waals surface area contributed by atoms with Gasteiger partial charge < -0.3 is 18.2 Å². The van der Waals surface area contributed by atoms with Gasteiger partial charge in [0.1, 0.15) is 27.9 Å². The lowest BCUT2D eigenvalue weighted by Crippen LogP contribution is -2.10. The van der Waals surface area contributed by atoms with Crippen molar-refractivity contribution < 1.29 is 13.3 Å². The lowest BCUT2D eigenvalue weighted by atomic mass is 10.0. The first-order chi connectivity index (χ1) is 23.3. The first-order valence-corrected chi connectivity index (χ1v) is 16.5. The van der Waals surface area contributed by atoms with Gasteiger partial charge in [0.05, 0.1) is 15.8 Å². The highest BCUT2D eigenvalue weighted by molar-refractivity contribution is 7.26. The molecular formula is C42H23NO3S. The van der Waals surface area contributed by atoms with Crippen LogP contribution in [-0.2, 0) is 0 Å². The van der Waals surface area contributed by atoms with Crippen LogP contribution >= 0.6 is 11.3 Å². The van der Waals surface area contributed by atoms with Crippen molar-refractivity contribution in [2.75, 3.05) is 4.90 Å². The molecule has 4 heterocycles. The van der Waals surface area contributed by atoms with Gasteiger partial charge in [-0.2, -0.15) is 0 Å². The number of anilines is 3. The van der Waals surface area contributed by atoms with Crippen LogP contribution < -0.4 is 4.90 Å². The zero-order valence-corrected chi connectivity index (χ0v) is 25.7. The quantitative estimate of drug-likeness (QED) is 0.197. The Morgan fingerprint density at radius 3 is 1.55 bits per heavy atom. The van der Waals surface area contributed by atoms with E-state index in [0.717, 1.165) is 87.6 Å². The van der Waals surface area contributed by atoms with Crippen molar-refractivity contribution >= 4 is 114 Å². The van der Waals surface area contributed by atoms with E-state index in [0.29, 0.717) is 0 Å². The molecule has 0 saturated carbocycles. The molecule has 0 unspecified atom stereocenters. The number of rotatable bonds is 3. The largest absolute Gasteiger partial charge is 0.456 e. The van der Waals surface area contributed by atoms with Crippen molar-refractivity contribution in [2.24, 2.45) is 0 Å². The highest BCUT2D eigenvalue weighted by Crippen LogP contribution is 2.50. The lowest BCUT2D eigenvalue weighted by molar-refractivity contribution is 0.669. The molecular weight excluding hydrogens is 599 g/mol. The van der Waals surface area contributed by atoms with E-state index in [1.807, 2.05) is 30.3 Å². The first-order valence-electron chi connectivity index (χ1n) is 15.7. The molecule has 0 aliphatic carbocycles. The van der Waals surface area contributed by atoms with E-state index < -0.39 is 0 Å². The second-order valence-corrected chi connectivity index (χ2v) is 13.1. The average Bonchev–Trinajstić information content (AvgIpc) is 3.88. The standard InChI is InChI=1S/C42H23NO3S/c1-5-13-34-26(9-1)28-19-17-24(21-37(28)44-34)43(25-18-20-29-27-10-2-6-14-35(27)45-38(29)22-25)33-23-32-30-11-4-8-16-39(30)47-42(32)41-40(33)31-12-3-7-15-36(31)46-41/h1-23H. The number of para-hydroxylation sites is 3. The van der Waals surface area contributed by atoms with Gasteiger partial charge in [-0.1, -0.05) is 72.8 Å². The van der Waals surface area contributed by atoms with Crippen LogP contribution in [0, 0.1) is 0 Å². The van der Waals surface area contributed by atoms with Crippen molar-refractivity contribution in [1.82, 2.24) is 0 Å². The number of benzene rings is 7. The average molecular weight is 622 g/mol. The summed E-state index contributed by atoms with van der Waals surface area (Å²) in [6.45, 7) is 0.